The summed E-state index contributed by atoms with van der Waals surface area (Å²) >= 11 is 0. The number of carbonyl (C=O) groups excluding carboxylic acids is 3. The van der Waals surface area contributed by atoms with E-state index in [1.807, 2.05) is 6.07 Å². The van der Waals surface area contributed by atoms with Crippen LogP contribution in [0.3, 0.4) is 0 Å². The predicted octanol–water partition coefficient (Wildman–Crippen LogP) is 3.85. The van der Waals surface area contributed by atoms with E-state index in [1.54, 1.807) is 64.1 Å². The van der Waals surface area contributed by atoms with Gasteiger partial charge in [0.2, 0.25) is 17.8 Å². The maximum absolute atomic E-state index is 13.0. The van der Waals surface area contributed by atoms with Gasteiger partial charge in [0.05, 0.1) is 22.2 Å². The van der Waals surface area contributed by atoms with Crippen molar-refractivity contribution in [3.8, 4) is 0 Å². The fourth-order valence-electron chi connectivity index (χ4n) is 2.52. The lowest BCUT2D eigenvalue weighted by Gasteiger charge is -2.20. The van der Waals surface area contributed by atoms with Crippen LogP contribution in [0.4, 0.5) is 16.2 Å². The third-order valence-electron chi connectivity index (χ3n) is 3.88. The molecule has 0 radical (unpaired) electrons. The average molecular weight is 473 g/mol. The highest BCUT2D eigenvalue weighted by molar-refractivity contribution is 7.85. The summed E-state index contributed by atoms with van der Waals surface area (Å²) < 4.78 is 18.2. The summed E-state index contributed by atoms with van der Waals surface area (Å²) in [6.45, 7) is 8.08. The highest BCUT2D eigenvalue weighted by Crippen LogP contribution is 2.29. The van der Waals surface area contributed by atoms with E-state index >= 15 is 0 Å². The Morgan fingerprint density at radius 3 is 2.24 bits per heavy atom. The molecule has 0 aliphatic rings. The number of nitrogens with one attached hydrogen (secondary N) is 3. The molecular weight excluding hydrogens is 444 g/mol. The molecule has 0 aliphatic carbocycles. The number of carbonyl (C=O) groups is 3. The van der Waals surface area contributed by atoms with Crippen molar-refractivity contribution in [2.24, 2.45) is 4.99 Å². The number of anilines is 1. The Morgan fingerprint density at radius 2 is 1.67 bits per heavy atom. The first kappa shape index (κ1) is 25.7. The van der Waals surface area contributed by atoms with Crippen molar-refractivity contribution in [3.05, 3.63) is 48.5 Å². The van der Waals surface area contributed by atoms with Gasteiger partial charge in [0.15, 0.2) is 0 Å². The monoisotopic (exact) mass is 472 g/mol. The summed E-state index contributed by atoms with van der Waals surface area (Å²) in [5, 5.41) is 7.56. The van der Waals surface area contributed by atoms with E-state index in [-0.39, 0.29) is 24.0 Å². The molecule has 176 valence electrons. The van der Waals surface area contributed by atoms with E-state index in [4.69, 9.17) is 4.74 Å². The molecule has 9 nitrogen and oxygen atoms in total. The van der Waals surface area contributed by atoms with E-state index in [9.17, 15) is 18.6 Å². The van der Waals surface area contributed by atoms with E-state index in [2.05, 4.69) is 20.9 Å². The lowest BCUT2D eigenvalue weighted by molar-refractivity contribution is -0.119. The minimum atomic E-state index is -1.51. The molecule has 2 aromatic carbocycles. The number of guanidine groups is 1. The van der Waals surface area contributed by atoms with Crippen molar-refractivity contribution in [2.45, 2.75) is 56.4 Å². The van der Waals surface area contributed by atoms with E-state index < -0.39 is 28.4 Å². The molecule has 0 saturated carbocycles. The van der Waals surface area contributed by atoms with Gasteiger partial charge >= 0.3 is 6.09 Å². The largest absolute Gasteiger partial charge is 0.444 e. The zero-order valence-electron chi connectivity index (χ0n) is 19.2. The Morgan fingerprint density at radius 1 is 1.00 bits per heavy atom. The first-order chi connectivity index (χ1) is 15.5. The third kappa shape index (κ3) is 8.49. The van der Waals surface area contributed by atoms with Gasteiger partial charge in [0.25, 0.3) is 0 Å². The Hall–Kier alpha value is -3.53. The van der Waals surface area contributed by atoms with Crippen molar-refractivity contribution in [1.82, 2.24) is 10.6 Å². The van der Waals surface area contributed by atoms with Crippen LogP contribution < -0.4 is 16.0 Å². The Labute approximate surface area is 195 Å². The zero-order chi connectivity index (χ0) is 24.6. The molecule has 33 heavy (non-hydrogen) atoms. The smallest absolute Gasteiger partial charge is 0.414 e. The van der Waals surface area contributed by atoms with Gasteiger partial charge in [0, 0.05) is 23.1 Å². The molecule has 0 aliphatic heterocycles. The summed E-state index contributed by atoms with van der Waals surface area (Å²) in [5.41, 5.74) is -0.266. The third-order valence-corrected chi connectivity index (χ3v) is 5.26. The number of benzene rings is 2. The molecule has 2 aromatic rings. The van der Waals surface area contributed by atoms with Gasteiger partial charge < -0.3 is 10.1 Å². The van der Waals surface area contributed by atoms with Crippen LogP contribution in [-0.2, 0) is 25.1 Å². The number of alkyl carbamates (subject to hydrolysis) is 1. The highest BCUT2D eigenvalue weighted by Gasteiger charge is 2.19. The molecule has 3 N–H and O–H groups in total. The lowest BCUT2D eigenvalue weighted by atomic mass is 10.2. The Bertz CT molecular complexity index is 1080. The van der Waals surface area contributed by atoms with Crippen LogP contribution >= 0.6 is 0 Å². The van der Waals surface area contributed by atoms with Crippen molar-refractivity contribution in [2.75, 3.05) is 5.32 Å². The summed E-state index contributed by atoms with van der Waals surface area (Å²) in [6.07, 6.45) is -0.672. The van der Waals surface area contributed by atoms with Crippen molar-refractivity contribution in [1.29, 1.82) is 0 Å². The number of rotatable bonds is 5. The molecule has 0 spiro atoms. The number of amides is 3. The topological polar surface area (TPSA) is 126 Å². The number of nitrogens with zero attached hydrogens (tertiary/aromatic N) is 1. The highest BCUT2D eigenvalue weighted by atomic mass is 32.2. The van der Waals surface area contributed by atoms with Crippen LogP contribution in [0, 0.1) is 0 Å². The van der Waals surface area contributed by atoms with Crippen LogP contribution in [0.2, 0.25) is 0 Å². The number of hydrogen-bond acceptors (Lipinski definition) is 6. The maximum Gasteiger partial charge on any atom is 0.414 e. The second kappa shape index (κ2) is 11.4. The molecule has 10 heteroatoms. The average Bonchev–Trinajstić information content (AvgIpc) is 2.73. The first-order valence-electron chi connectivity index (χ1n) is 10.3. The van der Waals surface area contributed by atoms with Crippen molar-refractivity contribution in [3.63, 3.8) is 0 Å². The number of ether oxygens (including phenoxy) is 1. The molecular formula is C23H28N4O5S. The van der Waals surface area contributed by atoms with Crippen LogP contribution in [0.25, 0.3) is 0 Å². The summed E-state index contributed by atoms with van der Waals surface area (Å²) in [5.74, 6) is -0.928. The minimum Gasteiger partial charge on any atom is -0.444 e. The molecule has 0 fully saturated rings. The molecule has 0 bridgehead atoms. The fourth-order valence-corrected chi connectivity index (χ4v) is 3.61. The van der Waals surface area contributed by atoms with Gasteiger partial charge in [-0.1, -0.05) is 25.1 Å². The van der Waals surface area contributed by atoms with Crippen molar-refractivity contribution < 1.29 is 23.3 Å². The second-order valence-corrected chi connectivity index (χ2v) is 9.41. The Balaban J connectivity index is 2.50. The molecule has 0 heterocycles. The van der Waals surface area contributed by atoms with E-state index in [0.717, 1.165) is 0 Å². The molecule has 2 rings (SSSR count). The zero-order valence-corrected chi connectivity index (χ0v) is 20.0. The molecule has 1 unspecified atom stereocenters. The van der Waals surface area contributed by atoms with Gasteiger partial charge in [-0.05, 0) is 51.1 Å². The van der Waals surface area contributed by atoms with E-state index in [0.29, 0.717) is 15.5 Å². The molecule has 1 atom stereocenters. The van der Waals surface area contributed by atoms with E-state index in [1.165, 1.54) is 13.0 Å². The summed E-state index contributed by atoms with van der Waals surface area (Å²) in [6, 6.07) is 13.5. The van der Waals surface area contributed by atoms with Crippen LogP contribution in [0.5, 0.6) is 0 Å². The SMILES string of the molecule is CCC(=O)NC(=Nc1cc(S(=O)c2ccccc2)ccc1NC(C)=O)NC(=O)OC(C)(C)C. The summed E-state index contributed by atoms with van der Waals surface area (Å²) in [7, 11) is -1.51. The number of hydrogen-bond donors (Lipinski definition) is 3. The van der Waals surface area contributed by atoms with Gasteiger partial charge in [0.1, 0.15) is 5.60 Å². The van der Waals surface area contributed by atoms with Gasteiger partial charge in [-0.2, -0.15) is 0 Å². The van der Waals surface area contributed by atoms with Crippen molar-refractivity contribution >= 4 is 46.0 Å². The maximum atomic E-state index is 13.0. The first-order valence-corrected chi connectivity index (χ1v) is 11.4. The van der Waals surface area contributed by atoms with Crippen LogP contribution in [0.15, 0.2) is 63.3 Å². The van der Waals surface area contributed by atoms with Gasteiger partial charge in [-0.15, -0.1) is 0 Å². The molecule has 0 saturated heterocycles. The quantitative estimate of drug-likeness (QED) is 0.450. The second-order valence-electron chi connectivity index (χ2n) is 7.93. The summed E-state index contributed by atoms with van der Waals surface area (Å²) in [4.78, 5) is 41.3. The normalized spacial score (nSPS) is 12.5. The molecule has 3 amide bonds. The Kier molecular flexibility index (Phi) is 8.86. The van der Waals surface area contributed by atoms with Crippen LogP contribution in [-0.4, -0.2) is 33.7 Å². The van der Waals surface area contributed by atoms with Gasteiger partial charge in [-0.25, -0.2) is 14.0 Å². The lowest BCUT2D eigenvalue weighted by Crippen LogP contribution is -2.45. The van der Waals surface area contributed by atoms with Gasteiger partial charge in [-0.3, -0.25) is 20.2 Å². The minimum absolute atomic E-state index is 0.144. The predicted molar refractivity (Wildman–Crippen MR) is 127 cm³/mol. The molecule has 0 aromatic heterocycles. The number of aliphatic imine (C=N–C) groups is 1. The van der Waals surface area contributed by atoms with Crippen LogP contribution in [0.1, 0.15) is 41.0 Å². The standard InChI is InChI=1S/C23H28N4O5S/c1-6-20(29)26-21(27-22(30)32-23(3,4)5)25-19-14-17(12-13-18(19)24-15(2)28)33(31)16-10-8-7-9-11-16/h7-14H,6H2,1-5H3,(H,24,28)(H2,25,26,27,29,30). The fraction of sp³-hybridized carbons (Fsp3) is 0.304.